The van der Waals surface area contributed by atoms with Crippen LogP contribution in [0.1, 0.15) is 18.9 Å². The fourth-order valence-corrected chi connectivity index (χ4v) is 5.27. The van der Waals surface area contributed by atoms with E-state index in [9.17, 15) is 8.42 Å². The van der Waals surface area contributed by atoms with Crippen molar-refractivity contribution in [3.63, 3.8) is 0 Å². The molecule has 0 bridgehead atoms. The molecule has 1 saturated heterocycles. The summed E-state index contributed by atoms with van der Waals surface area (Å²) in [4.78, 5) is 8.96. The van der Waals surface area contributed by atoms with E-state index in [2.05, 4.69) is 9.97 Å². The average Bonchev–Trinajstić information content (AvgIpc) is 3.12. The van der Waals surface area contributed by atoms with Crippen LogP contribution >= 0.6 is 11.6 Å². The number of hydrogen-bond acceptors (Lipinski definition) is 5. The first-order valence-corrected chi connectivity index (χ1v) is 10.4. The van der Waals surface area contributed by atoms with E-state index in [0.29, 0.717) is 31.7 Å². The van der Waals surface area contributed by atoms with Gasteiger partial charge in [0.25, 0.3) is 0 Å². The van der Waals surface area contributed by atoms with Gasteiger partial charge in [-0.2, -0.15) is 4.31 Å². The van der Waals surface area contributed by atoms with Gasteiger partial charge in [0, 0.05) is 25.3 Å². The summed E-state index contributed by atoms with van der Waals surface area (Å²) in [6.07, 6.45) is 4.93. The van der Waals surface area contributed by atoms with E-state index in [4.69, 9.17) is 16.3 Å². The van der Waals surface area contributed by atoms with Crippen LogP contribution in [0, 0.1) is 0 Å². The van der Waals surface area contributed by atoms with Gasteiger partial charge in [0.05, 0.1) is 23.4 Å². The molecule has 1 aliphatic rings. The molecular weight excluding hydrogens is 388 g/mol. The van der Waals surface area contributed by atoms with Crippen LogP contribution < -0.4 is 4.74 Å². The van der Waals surface area contributed by atoms with Crippen LogP contribution in [0.5, 0.6) is 5.75 Å². The van der Waals surface area contributed by atoms with E-state index in [-0.39, 0.29) is 16.0 Å². The van der Waals surface area contributed by atoms with Crippen LogP contribution in [0.25, 0.3) is 11.2 Å². The highest BCUT2D eigenvalue weighted by Crippen LogP contribution is 2.31. The van der Waals surface area contributed by atoms with Crippen molar-refractivity contribution in [1.82, 2.24) is 18.8 Å². The highest BCUT2D eigenvalue weighted by molar-refractivity contribution is 7.89. The minimum absolute atomic E-state index is 0.177. The van der Waals surface area contributed by atoms with Gasteiger partial charge in [-0.25, -0.2) is 18.4 Å². The first kappa shape index (κ1) is 18.2. The van der Waals surface area contributed by atoms with Gasteiger partial charge in [-0.05, 0) is 43.2 Å². The molecule has 2 aromatic heterocycles. The molecule has 142 valence electrons. The molecule has 7 nitrogen and oxygen atoms in total. The number of aromatic nitrogens is 3. The predicted molar refractivity (Wildman–Crippen MR) is 103 cm³/mol. The number of ether oxygens (including phenoxy) is 1. The molecule has 0 spiro atoms. The number of nitrogens with zero attached hydrogens (tertiary/aromatic N) is 4. The van der Waals surface area contributed by atoms with Crippen molar-refractivity contribution in [1.29, 1.82) is 0 Å². The lowest BCUT2D eigenvalue weighted by Gasteiger charge is -2.32. The van der Waals surface area contributed by atoms with E-state index < -0.39 is 10.0 Å². The lowest BCUT2D eigenvalue weighted by Crippen LogP contribution is -2.39. The molecule has 0 unspecified atom stereocenters. The number of pyridine rings is 1. The van der Waals surface area contributed by atoms with Gasteiger partial charge in [0.1, 0.15) is 11.3 Å². The molecule has 27 heavy (non-hydrogen) atoms. The molecule has 1 fully saturated rings. The molecule has 1 aliphatic heterocycles. The largest absolute Gasteiger partial charge is 0.495 e. The number of hydrogen-bond donors (Lipinski definition) is 0. The first-order valence-electron chi connectivity index (χ1n) is 8.62. The fraction of sp³-hybridized carbons (Fsp3) is 0.333. The number of imidazole rings is 1. The summed E-state index contributed by atoms with van der Waals surface area (Å²) in [7, 11) is -2.10. The van der Waals surface area contributed by atoms with Crippen molar-refractivity contribution in [2.24, 2.45) is 0 Å². The van der Waals surface area contributed by atoms with Gasteiger partial charge in [0.2, 0.25) is 10.0 Å². The zero-order valence-electron chi connectivity index (χ0n) is 14.7. The quantitative estimate of drug-likeness (QED) is 0.665. The second-order valence-electron chi connectivity index (χ2n) is 6.43. The second-order valence-corrected chi connectivity index (χ2v) is 8.77. The third-order valence-electron chi connectivity index (χ3n) is 4.91. The number of piperidine rings is 1. The monoisotopic (exact) mass is 406 g/mol. The summed E-state index contributed by atoms with van der Waals surface area (Å²) in [5, 5.41) is 0.282. The van der Waals surface area contributed by atoms with Crippen molar-refractivity contribution >= 4 is 32.8 Å². The number of sulfonamides is 1. The topological polar surface area (TPSA) is 77.3 Å². The van der Waals surface area contributed by atoms with Crippen molar-refractivity contribution in [2.75, 3.05) is 20.2 Å². The maximum absolute atomic E-state index is 12.9. The summed E-state index contributed by atoms with van der Waals surface area (Å²) in [6, 6.07) is 8.50. The number of fused-ring (bicyclic) bond motifs is 1. The third-order valence-corrected chi connectivity index (χ3v) is 7.10. The van der Waals surface area contributed by atoms with Crippen LogP contribution in [0.4, 0.5) is 0 Å². The van der Waals surface area contributed by atoms with E-state index in [1.807, 2.05) is 16.7 Å². The Morgan fingerprint density at radius 2 is 1.96 bits per heavy atom. The fourth-order valence-electron chi connectivity index (χ4n) is 3.45. The van der Waals surface area contributed by atoms with E-state index in [0.717, 1.165) is 11.2 Å². The molecule has 4 rings (SSSR count). The summed E-state index contributed by atoms with van der Waals surface area (Å²) < 4.78 is 34.5. The number of benzene rings is 1. The lowest BCUT2D eigenvalue weighted by atomic mass is 10.1. The first-order chi connectivity index (χ1) is 13.0. The molecule has 0 N–H and O–H groups in total. The van der Waals surface area contributed by atoms with Gasteiger partial charge >= 0.3 is 0 Å². The zero-order valence-corrected chi connectivity index (χ0v) is 16.3. The van der Waals surface area contributed by atoms with Crippen LogP contribution in [0.2, 0.25) is 5.02 Å². The highest BCUT2D eigenvalue weighted by Gasteiger charge is 2.31. The van der Waals surface area contributed by atoms with Crippen molar-refractivity contribution in [3.05, 3.63) is 47.9 Å². The standard InChI is InChI=1S/C18H19ClN4O3S/c1-26-17-5-4-14(11-15(17)19)27(24,25)22-9-6-13(7-10-22)23-12-21-16-3-2-8-20-18(16)23/h2-5,8,11-13H,6-7,9-10H2,1H3. The van der Waals surface area contributed by atoms with Crippen molar-refractivity contribution in [2.45, 2.75) is 23.8 Å². The molecule has 0 radical (unpaired) electrons. The highest BCUT2D eigenvalue weighted by atomic mass is 35.5. The summed E-state index contributed by atoms with van der Waals surface area (Å²) in [5.74, 6) is 0.453. The Morgan fingerprint density at radius 1 is 1.19 bits per heavy atom. The van der Waals surface area contributed by atoms with Crippen LogP contribution in [-0.4, -0.2) is 47.5 Å². The van der Waals surface area contributed by atoms with Gasteiger partial charge < -0.3 is 9.30 Å². The SMILES string of the molecule is COc1ccc(S(=O)(=O)N2CCC(n3cnc4cccnc43)CC2)cc1Cl. The molecule has 0 amide bonds. The molecule has 3 aromatic rings. The maximum atomic E-state index is 12.9. The Morgan fingerprint density at radius 3 is 2.67 bits per heavy atom. The molecular formula is C18H19ClN4O3S. The number of halogens is 1. The van der Waals surface area contributed by atoms with Crippen LogP contribution in [-0.2, 0) is 10.0 Å². The van der Waals surface area contributed by atoms with Gasteiger partial charge in [-0.3, -0.25) is 0 Å². The minimum Gasteiger partial charge on any atom is -0.495 e. The normalized spacial score (nSPS) is 16.7. The Labute approximate surface area is 162 Å². The molecule has 0 saturated carbocycles. The van der Waals surface area contributed by atoms with E-state index >= 15 is 0 Å². The van der Waals surface area contributed by atoms with E-state index in [1.54, 1.807) is 18.6 Å². The summed E-state index contributed by atoms with van der Waals surface area (Å²) >= 11 is 6.10. The van der Waals surface area contributed by atoms with Gasteiger partial charge in [0.15, 0.2) is 5.65 Å². The van der Waals surface area contributed by atoms with Gasteiger partial charge in [-0.15, -0.1) is 0 Å². The molecule has 9 heteroatoms. The van der Waals surface area contributed by atoms with Crippen LogP contribution in [0.3, 0.4) is 0 Å². The van der Waals surface area contributed by atoms with Gasteiger partial charge in [-0.1, -0.05) is 11.6 Å². The molecule has 3 heterocycles. The van der Waals surface area contributed by atoms with Crippen LogP contribution in [0.15, 0.2) is 47.8 Å². The Bertz CT molecular complexity index is 1080. The Kier molecular flexibility index (Phi) is 4.79. The van der Waals surface area contributed by atoms with Crippen molar-refractivity contribution < 1.29 is 13.2 Å². The molecule has 0 atom stereocenters. The maximum Gasteiger partial charge on any atom is 0.243 e. The predicted octanol–water partition coefficient (Wildman–Crippen LogP) is 3.12. The number of rotatable bonds is 4. The lowest BCUT2D eigenvalue weighted by molar-refractivity contribution is 0.276. The Balaban J connectivity index is 1.52. The summed E-state index contributed by atoms with van der Waals surface area (Å²) in [5.41, 5.74) is 1.68. The van der Waals surface area contributed by atoms with Crippen molar-refractivity contribution in [3.8, 4) is 5.75 Å². The average molecular weight is 407 g/mol. The van der Waals surface area contributed by atoms with E-state index in [1.165, 1.54) is 23.5 Å². The molecule has 1 aromatic carbocycles. The smallest absolute Gasteiger partial charge is 0.243 e. The minimum atomic E-state index is -3.59. The summed E-state index contributed by atoms with van der Waals surface area (Å²) in [6.45, 7) is 0.867. The molecule has 0 aliphatic carbocycles. The second kappa shape index (κ2) is 7.10. The third kappa shape index (κ3) is 3.28. The Hall–Kier alpha value is -2.16. The zero-order chi connectivity index (χ0) is 19.0. The number of methoxy groups -OCH3 is 1.